The molecule has 17 heavy (non-hydrogen) atoms. The van der Waals surface area contributed by atoms with Gasteiger partial charge in [0.05, 0.1) is 0 Å². The van der Waals surface area contributed by atoms with Crippen LogP contribution < -0.4 is 0 Å². The van der Waals surface area contributed by atoms with Crippen LogP contribution in [0.25, 0.3) is 0 Å². The lowest BCUT2D eigenvalue weighted by Gasteiger charge is -2.45. The first kappa shape index (κ1) is 12.1. The van der Waals surface area contributed by atoms with E-state index in [1.54, 1.807) is 0 Å². The molecule has 0 amide bonds. The molecule has 2 unspecified atom stereocenters. The van der Waals surface area contributed by atoms with Crippen LogP contribution in [-0.2, 0) is 4.74 Å². The smallest absolute Gasteiger partial charge is 0.117 e. The first-order valence-electron chi connectivity index (χ1n) is 7.50. The van der Waals surface area contributed by atoms with Gasteiger partial charge in [-0.1, -0.05) is 6.42 Å². The Bertz CT molecular complexity index is 267. The van der Waals surface area contributed by atoms with Gasteiger partial charge in [-0.3, -0.25) is 0 Å². The summed E-state index contributed by atoms with van der Waals surface area (Å²) in [7, 11) is 4.95. The fraction of sp³-hybridized carbons (Fsp3) is 1.00. The summed E-state index contributed by atoms with van der Waals surface area (Å²) in [5.74, 6) is 2.89. The molecule has 2 atom stereocenters. The molecule has 2 heterocycles. The van der Waals surface area contributed by atoms with Crippen molar-refractivity contribution in [2.45, 2.75) is 37.4 Å². The van der Waals surface area contributed by atoms with Gasteiger partial charge in [0.15, 0.2) is 0 Å². The van der Waals surface area contributed by atoms with Gasteiger partial charge in [0.25, 0.3) is 0 Å². The van der Waals surface area contributed by atoms with Crippen LogP contribution in [0.1, 0.15) is 32.1 Å². The Balaban J connectivity index is 1.66. The van der Waals surface area contributed by atoms with E-state index in [0.717, 1.165) is 31.0 Å². The molecule has 3 rings (SSSR count). The number of hydrogen-bond donors (Lipinski definition) is 0. The van der Waals surface area contributed by atoms with Crippen LogP contribution in [0.4, 0.5) is 0 Å². The summed E-state index contributed by atoms with van der Waals surface area (Å²) in [5.41, 5.74) is 0. The summed E-state index contributed by atoms with van der Waals surface area (Å²) in [6, 6.07) is 0. The second-order valence-corrected chi connectivity index (χ2v) is 6.90. The zero-order valence-electron chi connectivity index (χ0n) is 11.5. The van der Waals surface area contributed by atoms with E-state index in [0.29, 0.717) is 5.34 Å². The monoisotopic (exact) mass is 233 g/mol. The maximum absolute atomic E-state index is 5.51. The largest absolute Gasteiger partial charge is 0.381 e. The van der Waals surface area contributed by atoms with Crippen molar-refractivity contribution in [1.29, 1.82) is 0 Å². The maximum Gasteiger partial charge on any atom is 0.117 e. The molecular formula is C13H25B2NO. The maximum atomic E-state index is 5.51. The molecule has 0 bridgehead atoms. The van der Waals surface area contributed by atoms with E-state index in [9.17, 15) is 0 Å². The SMILES string of the molecule is BC(B)(C1CCOCC1)N1CC2CCCC2C1. The van der Waals surface area contributed by atoms with Crippen LogP contribution in [0.5, 0.6) is 0 Å². The summed E-state index contributed by atoms with van der Waals surface area (Å²) in [5, 5.41) is 0.397. The molecule has 0 aromatic carbocycles. The zero-order chi connectivity index (χ0) is 11.9. The lowest BCUT2D eigenvalue weighted by atomic mass is 9.52. The van der Waals surface area contributed by atoms with Gasteiger partial charge in [-0.15, -0.1) is 0 Å². The predicted octanol–water partition coefficient (Wildman–Crippen LogP) is 0.0649. The minimum absolute atomic E-state index is 0.397. The van der Waals surface area contributed by atoms with Gasteiger partial charge in [-0.2, -0.15) is 0 Å². The van der Waals surface area contributed by atoms with Crippen LogP contribution in [0.3, 0.4) is 0 Å². The Labute approximate surface area is 107 Å². The third-order valence-corrected chi connectivity index (χ3v) is 5.76. The predicted molar refractivity (Wildman–Crippen MR) is 75.8 cm³/mol. The number of ether oxygens (including phenoxy) is 1. The second-order valence-electron chi connectivity index (χ2n) is 6.90. The van der Waals surface area contributed by atoms with Crippen molar-refractivity contribution in [1.82, 2.24) is 4.90 Å². The van der Waals surface area contributed by atoms with Gasteiger partial charge in [0.1, 0.15) is 15.7 Å². The highest BCUT2D eigenvalue weighted by Gasteiger charge is 2.44. The number of hydrogen-bond acceptors (Lipinski definition) is 2. The van der Waals surface area contributed by atoms with E-state index in [-0.39, 0.29) is 0 Å². The topological polar surface area (TPSA) is 12.5 Å². The van der Waals surface area contributed by atoms with Gasteiger partial charge < -0.3 is 9.64 Å². The summed E-state index contributed by atoms with van der Waals surface area (Å²) >= 11 is 0. The molecule has 3 fully saturated rings. The lowest BCUT2D eigenvalue weighted by Crippen LogP contribution is -2.55. The Morgan fingerprint density at radius 1 is 0.941 bits per heavy atom. The van der Waals surface area contributed by atoms with Gasteiger partial charge in [0.2, 0.25) is 0 Å². The standard InChI is InChI=1S/C13H25B2NO/c14-13(15,12-4-6-17-7-5-12)16-8-10-2-1-3-11(10)9-16/h10-12H,1-9,14-15H2. The van der Waals surface area contributed by atoms with E-state index in [4.69, 9.17) is 4.74 Å². The van der Waals surface area contributed by atoms with Crippen molar-refractivity contribution in [3.8, 4) is 0 Å². The van der Waals surface area contributed by atoms with Crippen LogP contribution in [0.2, 0.25) is 0 Å². The molecule has 0 aromatic rings. The van der Waals surface area contributed by atoms with Crippen molar-refractivity contribution in [3.63, 3.8) is 0 Å². The lowest BCUT2D eigenvalue weighted by molar-refractivity contribution is 0.0375. The first-order valence-corrected chi connectivity index (χ1v) is 7.50. The Kier molecular flexibility index (Phi) is 3.29. The van der Waals surface area contributed by atoms with E-state index in [1.165, 1.54) is 45.2 Å². The molecule has 0 spiro atoms. The van der Waals surface area contributed by atoms with Gasteiger partial charge in [-0.25, -0.2) is 0 Å². The van der Waals surface area contributed by atoms with Crippen molar-refractivity contribution in [2.24, 2.45) is 17.8 Å². The first-order chi connectivity index (χ1) is 8.18. The summed E-state index contributed by atoms with van der Waals surface area (Å²) in [4.78, 5) is 2.80. The zero-order valence-corrected chi connectivity index (χ0v) is 11.5. The Hall–Kier alpha value is 0.0499. The highest BCUT2D eigenvalue weighted by Crippen LogP contribution is 2.41. The number of rotatable bonds is 2. The van der Waals surface area contributed by atoms with Crippen molar-refractivity contribution < 1.29 is 4.74 Å². The molecule has 2 aliphatic heterocycles. The molecule has 1 saturated carbocycles. The third kappa shape index (κ3) is 2.19. The minimum Gasteiger partial charge on any atom is -0.381 e. The Morgan fingerprint density at radius 2 is 1.53 bits per heavy atom. The van der Waals surface area contributed by atoms with Gasteiger partial charge >= 0.3 is 0 Å². The molecule has 1 aliphatic carbocycles. The molecule has 2 saturated heterocycles. The molecule has 2 nitrogen and oxygen atoms in total. The summed E-state index contributed by atoms with van der Waals surface area (Å²) < 4.78 is 5.51. The average Bonchev–Trinajstić information content (AvgIpc) is 2.90. The Morgan fingerprint density at radius 3 is 2.12 bits per heavy atom. The number of nitrogens with zero attached hydrogens (tertiary/aromatic N) is 1. The minimum atomic E-state index is 0.397. The molecule has 3 aliphatic rings. The molecule has 0 N–H and O–H groups in total. The van der Waals surface area contributed by atoms with E-state index >= 15 is 0 Å². The normalized spacial score (nSPS) is 36.2. The van der Waals surface area contributed by atoms with Gasteiger partial charge in [-0.05, 0) is 48.8 Å². The van der Waals surface area contributed by atoms with Crippen molar-refractivity contribution in [3.05, 3.63) is 0 Å². The molecular weight excluding hydrogens is 208 g/mol. The second kappa shape index (κ2) is 4.62. The van der Waals surface area contributed by atoms with Gasteiger partial charge in [0, 0.05) is 26.3 Å². The number of likely N-dealkylation sites (tertiary alicyclic amines) is 1. The highest BCUT2D eigenvalue weighted by molar-refractivity contribution is 6.40. The fourth-order valence-electron chi connectivity index (χ4n) is 4.37. The average molecular weight is 233 g/mol. The molecule has 0 aromatic heterocycles. The van der Waals surface area contributed by atoms with E-state index in [2.05, 4.69) is 20.6 Å². The van der Waals surface area contributed by atoms with Crippen LogP contribution in [0.15, 0.2) is 0 Å². The van der Waals surface area contributed by atoms with Crippen LogP contribution in [0, 0.1) is 17.8 Å². The van der Waals surface area contributed by atoms with E-state index in [1.807, 2.05) is 0 Å². The highest BCUT2D eigenvalue weighted by atomic mass is 16.5. The van der Waals surface area contributed by atoms with E-state index < -0.39 is 0 Å². The molecule has 4 heteroatoms. The summed E-state index contributed by atoms with van der Waals surface area (Å²) in [6.45, 7) is 4.70. The molecule has 94 valence electrons. The van der Waals surface area contributed by atoms with Crippen molar-refractivity contribution in [2.75, 3.05) is 26.3 Å². The molecule has 0 radical (unpaired) electrons. The third-order valence-electron chi connectivity index (χ3n) is 5.76. The number of fused-ring (bicyclic) bond motifs is 1. The van der Waals surface area contributed by atoms with Crippen molar-refractivity contribution >= 4 is 15.7 Å². The quantitative estimate of drug-likeness (QED) is 0.625. The van der Waals surface area contributed by atoms with Crippen LogP contribution in [-0.4, -0.2) is 52.2 Å². The fourth-order valence-corrected chi connectivity index (χ4v) is 4.37. The summed E-state index contributed by atoms with van der Waals surface area (Å²) in [6.07, 6.45) is 6.99. The van der Waals surface area contributed by atoms with Crippen LogP contribution >= 0.6 is 0 Å².